The standard InChI is InChI=1S/C16H25N3O2/c1-16(2,3)21-15(20)14(19-9-7-18-8-10-19)12-5-4-6-13(17)11-12/h4-6,11,14,18H,7-10,17H2,1-3H3. The molecule has 3 N–H and O–H groups in total. The van der Waals surface area contributed by atoms with E-state index in [1.807, 2.05) is 45.0 Å². The summed E-state index contributed by atoms with van der Waals surface area (Å²) in [6.45, 7) is 9.05. The lowest BCUT2D eigenvalue weighted by Crippen LogP contribution is -2.48. The second kappa shape index (κ2) is 6.45. The first-order valence-electron chi connectivity index (χ1n) is 7.40. The van der Waals surface area contributed by atoms with Crippen molar-refractivity contribution in [3.8, 4) is 0 Å². The maximum atomic E-state index is 12.6. The second-order valence-electron chi connectivity index (χ2n) is 6.39. The molecular formula is C16H25N3O2. The molecule has 1 aromatic rings. The minimum atomic E-state index is -0.496. The Balaban J connectivity index is 2.27. The van der Waals surface area contributed by atoms with Gasteiger partial charge in [-0.2, -0.15) is 0 Å². The Labute approximate surface area is 126 Å². The zero-order valence-corrected chi connectivity index (χ0v) is 13.1. The van der Waals surface area contributed by atoms with E-state index in [1.165, 1.54) is 0 Å². The third-order valence-electron chi connectivity index (χ3n) is 3.37. The van der Waals surface area contributed by atoms with E-state index in [1.54, 1.807) is 0 Å². The topological polar surface area (TPSA) is 67.6 Å². The highest BCUT2D eigenvalue weighted by Gasteiger charge is 2.32. The van der Waals surface area contributed by atoms with Crippen LogP contribution in [0.5, 0.6) is 0 Å². The molecule has 0 amide bonds. The van der Waals surface area contributed by atoms with Gasteiger partial charge in [-0.3, -0.25) is 4.90 Å². The van der Waals surface area contributed by atoms with E-state index >= 15 is 0 Å². The number of nitrogens with one attached hydrogen (secondary N) is 1. The molecule has 1 aliphatic heterocycles. The van der Waals surface area contributed by atoms with E-state index in [0.29, 0.717) is 5.69 Å². The second-order valence-corrected chi connectivity index (χ2v) is 6.39. The summed E-state index contributed by atoms with van der Waals surface area (Å²) in [5.74, 6) is -0.213. The number of nitrogen functional groups attached to an aromatic ring is 1. The molecule has 21 heavy (non-hydrogen) atoms. The molecule has 5 nitrogen and oxygen atoms in total. The first-order valence-corrected chi connectivity index (χ1v) is 7.40. The molecule has 1 atom stereocenters. The van der Waals surface area contributed by atoms with Gasteiger partial charge in [0.2, 0.25) is 0 Å². The summed E-state index contributed by atoms with van der Waals surface area (Å²) in [6, 6.07) is 7.11. The summed E-state index contributed by atoms with van der Waals surface area (Å²) < 4.78 is 5.61. The van der Waals surface area contributed by atoms with Gasteiger partial charge >= 0.3 is 5.97 Å². The molecule has 0 saturated carbocycles. The molecule has 5 heteroatoms. The molecule has 0 aromatic heterocycles. The molecular weight excluding hydrogens is 266 g/mol. The Bertz CT molecular complexity index is 491. The van der Waals surface area contributed by atoms with E-state index in [0.717, 1.165) is 31.7 Å². The summed E-state index contributed by atoms with van der Waals surface area (Å²) in [6.07, 6.45) is 0. The fourth-order valence-electron chi connectivity index (χ4n) is 2.52. The van der Waals surface area contributed by atoms with Gasteiger partial charge in [-0.1, -0.05) is 12.1 Å². The van der Waals surface area contributed by atoms with E-state index in [4.69, 9.17) is 10.5 Å². The molecule has 2 rings (SSSR count). The molecule has 0 bridgehead atoms. The van der Waals surface area contributed by atoms with Crippen LogP contribution in [-0.4, -0.2) is 42.6 Å². The Kier molecular flexibility index (Phi) is 4.85. The van der Waals surface area contributed by atoms with Gasteiger partial charge in [-0.15, -0.1) is 0 Å². The van der Waals surface area contributed by atoms with Crippen molar-refractivity contribution in [1.82, 2.24) is 10.2 Å². The van der Waals surface area contributed by atoms with Crippen molar-refractivity contribution in [2.45, 2.75) is 32.4 Å². The van der Waals surface area contributed by atoms with Gasteiger partial charge in [0.05, 0.1) is 0 Å². The Morgan fingerprint density at radius 3 is 2.57 bits per heavy atom. The number of rotatable bonds is 3. The lowest BCUT2D eigenvalue weighted by Gasteiger charge is -2.35. The SMILES string of the molecule is CC(C)(C)OC(=O)C(c1cccc(N)c1)N1CCNCC1. The first kappa shape index (κ1) is 15.8. The summed E-state index contributed by atoms with van der Waals surface area (Å²) in [4.78, 5) is 14.8. The number of esters is 1. The fourth-order valence-corrected chi connectivity index (χ4v) is 2.52. The predicted octanol–water partition coefficient (Wildman–Crippen LogP) is 1.56. The van der Waals surface area contributed by atoms with Gasteiger partial charge in [-0.25, -0.2) is 4.79 Å². The lowest BCUT2D eigenvalue weighted by molar-refractivity contribution is -0.162. The number of nitrogens with zero attached hydrogens (tertiary/aromatic N) is 1. The van der Waals surface area contributed by atoms with Crippen molar-refractivity contribution >= 4 is 11.7 Å². The van der Waals surface area contributed by atoms with E-state index in [9.17, 15) is 4.79 Å². The summed E-state index contributed by atoms with van der Waals surface area (Å²) in [5, 5.41) is 3.30. The number of anilines is 1. The first-order chi connectivity index (χ1) is 9.87. The molecule has 1 heterocycles. The Morgan fingerprint density at radius 2 is 2.00 bits per heavy atom. The number of nitrogens with two attached hydrogens (primary N) is 1. The highest BCUT2D eigenvalue weighted by Crippen LogP contribution is 2.26. The van der Waals surface area contributed by atoms with Crippen LogP contribution >= 0.6 is 0 Å². The summed E-state index contributed by atoms with van der Waals surface area (Å²) >= 11 is 0. The van der Waals surface area contributed by atoms with Crippen molar-refractivity contribution in [2.24, 2.45) is 0 Å². The van der Waals surface area contributed by atoms with Gasteiger partial charge < -0.3 is 15.8 Å². The largest absolute Gasteiger partial charge is 0.459 e. The highest BCUT2D eigenvalue weighted by atomic mass is 16.6. The van der Waals surface area contributed by atoms with Crippen molar-refractivity contribution < 1.29 is 9.53 Å². The smallest absolute Gasteiger partial charge is 0.328 e. The van der Waals surface area contributed by atoms with Crippen LogP contribution in [0, 0.1) is 0 Å². The number of hydrogen-bond acceptors (Lipinski definition) is 5. The van der Waals surface area contributed by atoms with Crippen molar-refractivity contribution in [2.75, 3.05) is 31.9 Å². The van der Waals surface area contributed by atoms with Gasteiger partial charge in [0, 0.05) is 31.9 Å². The number of piperazine rings is 1. The lowest BCUT2D eigenvalue weighted by atomic mass is 10.0. The van der Waals surface area contributed by atoms with Gasteiger partial charge in [0.25, 0.3) is 0 Å². The third-order valence-corrected chi connectivity index (χ3v) is 3.37. The summed E-state index contributed by atoms with van der Waals surface area (Å²) in [7, 11) is 0. The molecule has 1 saturated heterocycles. The van der Waals surface area contributed by atoms with Gasteiger partial charge in [-0.05, 0) is 38.5 Å². The number of ether oxygens (including phenoxy) is 1. The van der Waals surface area contributed by atoms with E-state index in [-0.39, 0.29) is 5.97 Å². The van der Waals surface area contributed by atoms with Crippen LogP contribution < -0.4 is 11.1 Å². The average Bonchev–Trinajstić information content (AvgIpc) is 2.38. The fraction of sp³-hybridized carbons (Fsp3) is 0.562. The average molecular weight is 291 g/mol. The van der Waals surface area contributed by atoms with Crippen molar-refractivity contribution in [1.29, 1.82) is 0 Å². The molecule has 0 radical (unpaired) electrons. The zero-order chi connectivity index (χ0) is 15.5. The number of carbonyl (C=O) groups is 1. The summed E-state index contributed by atoms with van der Waals surface area (Å²) in [5.41, 5.74) is 6.93. The molecule has 1 unspecified atom stereocenters. The van der Waals surface area contributed by atoms with Crippen LogP contribution in [0.1, 0.15) is 32.4 Å². The zero-order valence-electron chi connectivity index (χ0n) is 13.1. The third kappa shape index (κ3) is 4.44. The van der Waals surface area contributed by atoms with E-state index < -0.39 is 11.6 Å². The molecule has 1 aromatic carbocycles. The monoisotopic (exact) mass is 291 g/mol. The number of benzene rings is 1. The predicted molar refractivity (Wildman–Crippen MR) is 83.9 cm³/mol. The molecule has 0 spiro atoms. The Morgan fingerprint density at radius 1 is 1.33 bits per heavy atom. The van der Waals surface area contributed by atoms with Crippen LogP contribution in [0.15, 0.2) is 24.3 Å². The molecule has 1 fully saturated rings. The van der Waals surface area contributed by atoms with E-state index in [2.05, 4.69) is 10.2 Å². The molecule has 0 aliphatic carbocycles. The maximum Gasteiger partial charge on any atom is 0.328 e. The quantitative estimate of drug-likeness (QED) is 0.653. The van der Waals surface area contributed by atoms with Crippen LogP contribution in [0.3, 0.4) is 0 Å². The maximum absolute atomic E-state index is 12.6. The number of hydrogen-bond donors (Lipinski definition) is 2. The van der Waals surface area contributed by atoms with Gasteiger partial charge in [0.1, 0.15) is 11.6 Å². The highest BCUT2D eigenvalue weighted by molar-refractivity contribution is 5.78. The van der Waals surface area contributed by atoms with Crippen LogP contribution in [0.25, 0.3) is 0 Å². The van der Waals surface area contributed by atoms with Crippen LogP contribution in [0.4, 0.5) is 5.69 Å². The number of carbonyl (C=O) groups excluding carboxylic acids is 1. The van der Waals surface area contributed by atoms with Crippen molar-refractivity contribution in [3.05, 3.63) is 29.8 Å². The molecule has 116 valence electrons. The Hall–Kier alpha value is -1.59. The van der Waals surface area contributed by atoms with Gasteiger partial charge in [0.15, 0.2) is 0 Å². The minimum absolute atomic E-state index is 0.213. The van der Waals surface area contributed by atoms with Crippen molar-refractivity contribution in [3.63, 3.8) is 0 Å². The molecule has 1 aliphatic rings. The normalized spacial score (nSPS) is 18.2. The van der Waals surface area contributed by atoms with Crippen LogP contribution in [0.2, 0.25) is 0 Å². The minimum Gasteiger partial charge on any atom is -0.459 e. The van der Waals surface area contributed by atoms with Crippen LogP contribution in [-0.2, 0) is 9.53 Å².